The number of nitrogens with zero attached hydrogens (tertiary/aromatic N) is 3. The minimum Gasteiger partial charge on any atom is -0.351 e. The normalized spacial score (nSPS) is 15.2. The fourth-order valence-electron chi connectivity index (χ4n) is 3.15. The van der Waals surface area contributed by atoms with Crippen LogP contribution < -0.4 is 5.32 Å². The van der Waals surface area contributed by atoms with Crippen LogP contribution in [-0.4, -0.2) is 46.9 Å². The molecule has 2 aromatic rings. The number of hydrogen-bond acceptors (Lipinski definition) is 7. The van der Waals surface area contributed by atoms with Crippen molar-refractivity contribution < 1.29 is 9.72 Å². The summed E-state index contributed by atoms with van der Waals surface area (Å²) in [5, 5.41) is 16.3. The van der Waals surface area contributed by atoms with E-state index in [0.29, 0.717) is 17.0 Å². The maximum atomic E-state index is 12.4. The average molecular weight is 421 g/mol. The van der Waals surface area contributed by atoms with E-state index in [9.17, 15) is 14.9 Å². The van der Waals surface area contributed by atoms with Gasteiger partial charge in [-0.05, 0) is 45.0 Å². The Hall–Kier alpha value is -1.97. The van der Waals surface area contributed by atoms with Gasteiger partial charge < -0.3 is 10.2 Å². The largest absolute Gasteiger partial charge is 0.351 e. The highest BCUT2D eigenvalue weighted by atomic mass is 32.2. The number of rotatable bonds is 7. The second-order valence-corrected chi connectivity index (χ2v) is 8.96. The Morgan fingerprint density at radius 3 is 2.71 bits per heavy atom. The van der Waals surface area contributed by atoms with E-state index in [1.807, 2.05) is 12.3 Å². The number of amides is 1. The highest BCUT2D eigenvalue weighted by molar-refractivity contribution is 8.01. The number of aryl methyl sites for hydroxylation is 1. The number of carbonyl (C=O) groups is 1. The van der Waals surface area contributed by atoms with E-state index in [1.165, 1.54) is 54.8 Å². The molecule has 0 aliphatic carbocycles. The van der Waals surface area contributed by atoms with Crippen LogP contribution in [0.4, 0.5) is 5.69 Å². The van der Waals surface area contributed by atoms with Crippen molar-refractivity contribution in [2.24, 2.45) is 0 Å². The maximum absolute atomic E-state index is 12.4. The molecule has 28 heavy (non-hydrogen) atoms. The molecule has 1 saturated heterocycles. The number of benzene rings is 1. The van der Waals surface area contributed by atoms with E-state index < -0.39 is 4.92 Å². The highest BCUT2D eigenvalue weighted by Crippen LogP contribution is 2.36. The minimum absolute atomic E-state index is 0.0713. The molecule has 1 aliphatic heterocycles. The zero-order valence-corrected chi connectivity index (χ0v) is 17.5. The lowest BCUT2D eigenvalue weighted by Gasteiger charge is -2.19. The molecule has 1 aromatic carbocycles. The average Bonchev–Trinajstić information content (AvgIpc) is 2.91. The zero-order valence-electron chi connectivity index (χ0n) is 15.8. The Labute approximate surface area is 172 Å². The summed E-state index contributed by atoms with van der Waals surface area (Å²) in [4.78, 5) is 30.7. The van der Waals surface area contributed by atoms with Gasteiger partial charge in [-0.3, -0.25) is 14.9 Å². The van der Waals surface area contributed by atoms with Crippen molar-refractivity contribution in [3.05, 3.63) is 45.0 Å². The molecule has 0 unspecified atom stereocenters. The molecule has 1 fully saturated rings. The first-order chi connectivity index (χ1) is 13.5. The number of hydrogen-bond donors (Lipinski definition) is 1. The van der Waals surface area contributed by atoms with E-state index in [1.54, 1.807) is 12.1 Å². The molecule has 0 saturated carbocycles. The first-order valence-electron chi connectivity index (χ1n) is 9.42. The summed E-state index contributed by atoms with van der Waals surface area (Å²) in [6.07, 6.45) is 4.96. The quantitative estimate of drug-likeness (QED) is 0.535. The molecule has 0 spiro atoms. The maximum Gasteiger partial charge on any atom is 0.284 e. The van der Waals surface area contributed by atoms with E-state index in [0.717, 1.165) is 29.7 Å². The van der Waals surface area contributed by atoms with Gasteiger partial charge in [0.2, 0.25) is 0 Å². The molecule has 7 nitrogen and oxygen atoms in total. The first-order valence-corrected chi connectivity index (χ1v) is 11.1. The van der Waals surface area contributed by atoms with Gasteiger partial charge in [0.1, 0.15) is 0 Å². The van der Waals surface area contributed by atoms with Crippen LogP contribution in [0.3, 0.4) is 0 Å². The van der Waals surface area contributed by atoms with Crippen LogP contribution in [0.2, 0.25) is 0 Å². The van der Waals surface area contributed by atoms with Crippen LogP contribution in [0.25, 0.3) is 0 Å². The van der Waals surface area contributed by atoms with Crippen LogP contribution in [0.1, 0.15) is 41.7 Å². The third kappa shape index (κ3) is 5.76. The van der Waals surface area contributed by atoms with Gasteiger partial charge in [-0.15, -0.1) is 11.3 Å². The lowest BCUT2D eigenvalue weighted by molar-refractivity contribution is -0.387. The summed E-state index contributed by atoms with van der Waals surface area (Å²) in [6.45, 7) is 5.38. The number of likely N-dealkylation sites (tertiary alicyclic amines) is 1. The summed E-state index contributed by atoms with van der Waals surface area (Å²) < 4.78 is 0.746. The number of carbonyl (C=O) groups excluding carboxylic acids is 1. The van der Waals surface area contributed by atoms with Crippen molar-refractivity contribution in [2.45, 2.75) is 41.8 Å². The fourth-order valence-corrected chi connectivity index (χ4v) is 5.03. The summed E-state index contributed by atoms with van der Waals surface area (Å²) >= 11 is 2.70. The fraction of sp³-hybridized carbons (Fsp3) is 0.474. The van der Waals surface area contributed by atoms with Crippen molar-refractivity contribution >= 4 is 34.7 Å². The second kappa shape index (κ2) is 9.99. The number of nitrogens with one attached hydrogen (secondary N) is 1. The van der Waals surface area contributed by atoms with Gasteiger partial charge in [0.25, 0.3) is 11.6 Å². The number of nitro benzene ring substituents is 1. The van der Waals surface area contributed by atoms with E-state index in [2.05, 4.69) is 15.2 Å². The third-order valence-electron chi connectivity index (χ3n) is 4.63. The van der Waals surface area contributed by atoms with Gasteiger partial charge in [0, 0.05) is 35.8 Å². The Morgan fingerprint density at radius 2 is 2.07 bits per heavy atom. The van der Waals surface area contributed by atoms with Gasteiger partial charge in [-0.2, -0.15) is 0 Å². The van der Waals surface area contributed by atoms with Crippen LogP contribution >= 0.6 is 23.1 Å². The van der Waals surface area contributed by atoms with Crippen molar-refractivity contribution in [3.8, 4) is 0 Å². The molecule has 2 heterocycles. The van der Waals surface area contributed by atoms with Crippen molar-refractivity contribution in [1.82, 2.24) is 15.2 Å². The van der Waals surface area contributed by atoms with Crippen LogP contribution in [0, 0.1) is 17.0 Å². The first kappa shape index (κ1) is 20.8. The monoisotopic (exact) mass is 420 g/mol. The van der Waals surface area contributed by atoms with Gasteiger partial charge in [0.15, 0.2) is 4.34 Å². The van der Waals surface area contributed by atoms with Crippen molar-refractivity contribution in [1.29, 1.82) is 0 Å². The van der Waals surface area contributed by atoms with Gasteiger partial charge in [0.05, 0.1) is 9.82 Å². The lowest BCUT2D eigenvalue weighted by atomic mass is 10.2. The third-order valence-corrected chi connectivity index (χ3v) is 6.75. The van der Waals surface area contributed by atoms with Crippen molar-refractivity contribution in [2.75, 3.05) is 26.2 Å². The SMILES string of the molecule is Cc1csc(Sc2ccc(C(=O)NCCN3CCCCCC3)cc2[N+](=O)[O-])n1. The molecule has 9 heteroatoms. The molecule has 0 radical (unpaired) electrons. The summed E-state index contributed by atoms with van der Waals surface area (Å²) in [5.41, 5.74) is 1.12. The van der Waals surface area contributed by atoms with Crippen molar-refractivity contribution in [3.63, 3.8) is 0 Å². The Morgan fingerprint density at radius 1 is 1.32 bits per heavy atom. The molecule has 0 bridgehead atoms. The number of thiazole rings is 1. The predicted molar refractivity (Wildman–Crippen MR) is 111 cm³/mol. The van der Waals surface area contributed by atoms with Gasteiger partial charge in [-0.25, -0.2) is 4.98 Å². The van der Waals surface area contributed by atoms with E-state index >= 15 is 0 Å². The topological polar surface area (TPSA) is 88.4 Å². The van der Waals surface area contributed by atoms with Gasteiger partial charge in [-0.1, -0.05) is 24.6 Å². The molecule has 1 amide bonds. The standard InChI is InChI=1S/C19H24N4O3S2/c1-14-13-27-19(21-14)28-17-7-6-15(12-16(17)23(25)26)18(24)20-8-11-22-9-4-2-3-5-10-22/h6-7,12-13H,2-5,8-11H2,1H3,(H,20,24). The molecule has 3 rings (SSSR count). The molecule has 1 N–H and O–H groups in total. The lowest BCUT2D eigenvalue weighted by Crippen LogP contribution is -2.35. The Balaban J connectivity index is 1.61. The van der Waals surface area contributed by atoms with E-state index in [4.69, 9.17) is 0 Å². The van der Waals surface area contributed by atoms with Crippen LogP contribution in [-0.2, 0) is 0 Å². The zero-order chi connectivity index (χ0) is 19.9. The molecule has 1 aromatic heterocycles. The second-order valence-electron chi connectivity index (χ2n) is 6.81. The molecular weight excluding hydrogens is 396 g/mol. The Kier molecular flexibility index (Phi) is 7.41. The van der Waals surface area contributed by atoms with Crippen LogP contribution in [0.5, 0.6) is 0 Å². The van der Waals surface area contributed by atoms with Gasteiger partial charge >= 0.3 is 0 Å². The number of aromatic nitrogens is 1. The molecule has 150 valence electrons. The minimum atomic E-state index is -0.448. The summed E-state index contributed by atoms with van der Waals surface area (Å²) in [6, 6.07) is 4.62. The molecule has 1 aliphatic rings. The Bertz CT molecular complexity index is 832. The molecular formula is C19H24N4O3S2. The smallest absolute Gasteiger partial charge is 0.284 e. The number of nitro groups is 1. The summed E-state index contributed by atoms with van der Waals surface area (Å²) in [5.74, 6) is -0.278. The highest BCUT2D eigenvalue weighted by Gasteiger charge is 2.19. The van der Waals surface area contributed by atoms with Crippen LogP contribution in [0.15, 0.2) is 32.8 Å². The summed E-state index contributed by atoms with van der Waals surface area (Å²) in [7, 11) is 0. The molecule has 0 atom stereocenters. The predicted octanol–water partition coefficient (Wildman–Crippen LogP) is 4.12. The van der Waals surface area contributed by atoms with E-state index in [-0.39, 0.29) is 11.6 Å².